The predicted octanol–water partition coefficient (Wildman–Crippen LogP) is 1.85. The Morgan fingerprint density at radius 2 is 1.68 bits per heavy atom. The quantitative estimate of drug-likeness (QED) is 0.749. The fraction of sp³-hybridized carbons (Fsp3) is 0.263. The summed E-state index contributed by atoms with van der Waals surface area (Å²) in [6, 6.07) is 11.5. The van der Waals surface area contributed by atoms with Crippen molar-refractivity contribution in [1.82, 2.24) is 14.8 Å². The molecule has 148 valence electrons. The van der Waals surface area contributed by atoms with Crippen molar-refractivity contribution in [1.29, 1.82) is 0 Å². The zero-order valence-electron chi connectivity index (χ0n) is 15.0. The second kappa shape index (κ2) is 10.4. The second-order valence-corrected chi connectivity index (χ2v) is 6.49. The molecule has 0 aliphatic carbocycles. The van der Waals surface area contributed by atoms with Gasteiger partial charge in [0.05, 0.1) is 5.56 Å². The summed E-state index contributed by atoms with van der Waals surface area (Å²) >= 11 is 6.02. The van der Waals surface area contributed by atoms with Gasteiger partial charge in [0.2, 0.25) is 0 Å². The highest BCUT2D eigenvalue weighted by molar-refractivity contribution is 6.30. The highest BCUT2D eigenvalue weighted by Gasteiger charge is 2.22. The smallest absolute Gasteiger partial charge is 0.414 e. The molecule has 1 aromatic carbocycles. The van der Waals surface area contributed by atoms with Crippen LogP contribution in [0.4, 0.5) is 0 Å². The maximum absolute atomic E-state index is 12.4. The molecule has 1 aliphatic heterocycles. The molecule has 0 atom stereocenters. The zero-order valence-corrected chi connectivity index (χ0v) is 15.7. The predicted molar refractivity (Wildman–Crippen MR) is 102 cm³/mol. The normalized spacial score (nSPS) is 14.0. The van der Waals surface area contributed by atoms with Crippen LogP contribution in [0.2, 0.25) is 5.02 Å². The standard InChI is InChI=1S/C17H18ClN3O.C2H2O4/c18-16-5-1-3-14(11-16)13-20-7-9-21(10-8-20)17(22)15-4-2-6-19-12-15;3-1(4)2(5)6/h1-6,11-12H,7-10,13H2;(H,3,4)(H,5,6). The first-order valence-corrected chi connectivity index (χ1v) is 8.87. The average molecular weight is 406 g/mol. The molecule has 0 unspecified atom stereocenters. The van der Waals surface area contributed by atoms with Crippen LogP contribution in [0.15, 0.2) is 48.8 Å². The molecule has 2 N–H and O–H groups in total. The van der Waals surface area contributed by atoms with Crippen LogP contribution in [0, 0.1) is 0 Å². The molecular formula is C19H20ClN3O5. The lowest BCUT2D eigenvalue weighted by atomic mass is 10.2. The number of halogens is 1. The Bertz CT molecular complexity index is 811. The lowest BCUT2D eigenvalue weighted by molar-refractivity contribution is -0.159. The molecule has 1 amide bonds. The van der Waals surface area contributed by atoms with Gasteiger partial charge in [-0.15, -0.1) is 0 Å². The number of carbonyl (C=O) groups excluding carboxylic acids is 1. The molecular weight excluding hydrogens is 386 g/mol. The molecule has 0 spiro atoms. The number of pyridine rings is 1. The fourth-order valence-electron chi connectivity index (χ4n) is 2.67. The molecule has 1 fully saturated rings. The molecule has 0 radical (unpaired) electrons. The second-order valence-electron chi connectivity index (χ2n) is 6.05. The zero-order chi connectivity index (χ0) is 20.5. The maximum atomic E-state index is 12.4. The largest absolute Gasteiger partial charge is 0.473 e. The number of benzene rings is 1. The average Bonchev–Trinajstić information content (AvgIpc) is 2.69. The molecule has 2 heterocycles. The van der Waals surface area contributed by atoms with E-state index in [4.69, 9.17) is 31.4 Å². The summed E-state index contributed by atoms with van der Waals surface area (Å²) in [5.41, 5.74) is 1.87. The third kappa shape index (κ3) is 6.64. The fourth-order valence-corrected chi connectivity index (χ4v) is 2.89. The van der Waals surface area contributed by atoms with Gasteiger partial charge < -0.3 is 15.1 Å². The van der Waals surface area contributed by atoms with Crippen LogP contribution in [0.25, 0.3) is 0 Å². The van der Waals surface area contributed by atoms with E-state index >= 15 is 0 Å². The minimum Gasteiger partial charge on any atom is -0.473 e. The van der Waals surface area contributed by atoms with Gasteiger partial charge in [0, 0.05) is 50.1 Å². The van der Waals surface area contributed by atoms with Crippen molar-refractivity contribution in [3.63, 3.8) is 0 Å². The number of carboxylic acid groups (broad SMARTS) is 2. The van der Waals surface area contributed by atoms with Crippen LogP contribution in [-0.2, 0) is 16.1 Å². The summed E-state index contributed by atoms with van der Waals surface area (Å²) < 4.78 is 0. The van der Waals surface area contributed by atoms with Crippen molar-refractivity contribution in [2.45, 2.75) is 6.54 Å². The van der Waals surface area contributed by atoms with E-state index in [9.17, 15) is 4.79 Å². The van der Waals surface area contributed by atoms with Crippen LogP contribution in [-0.4, -0.2) is 69.0 Å². The van der Waals surface area contributed by atoms with E-state index in [-0.39, 0.29) is 5.91 Å². The Balaban J connectivity index is 0.000000409. The number of nitrogens with zero attached hydrogens (tertiary/aromatic N) is 3. The Morgan fingerprint density at radius 1 is 1.00 bits per heavy atom. The Labute approximate surface area is 167 Å². The van der Waals surface area contributed by atoms with Gasteiger partial charge in [0.25, 0.3) is 5.91 Å². The van der Waals surface area contributed by atoms with Gasteiger partial charge in [-0.3, -0.25) is 14.7 Å². The number of piperazine rings is 1. The number of aromatic nitrogens is 1. The van der Waals surface area contributed by atoms with Crippen LogP contribution in [0.5, 0.6) is 0 Å². The van der Waals surface area contributed by atoms with E-state index in [1.54, 1.807) is 18.5 Å². The van der Waals surface area contributed by atoms with Crippen molar-refractivity contribution in [2.75, 3.05) is 26.2 Å². The van der Waals surface area contributed by atoms with E-state index in [0.29, 0.717) is 5.56 Å². The summed E-state index contributed by atoms with van der Waals surface area (Å²) in [6.45, 7) is 4.11. The molecule has 9 heteroatoms. The highest BCUT2D eigenvalue weighted by atomic mass is 35.5. The first-order chi connectivity index (χ1) is 13.4. The SMILES string of the molecule is O=C(O)C(=O)O.O=C(c1cccnc1)N1CCN(Cc2cccc(Cl)c2)CC1. The van der Waals surface area contributed by atoms with Gasteiger partial charge in [-0.05, 0) is 29.8 Å². The lowest BCUT2D eigenvalue weighted by Crippen LogP contribution is -2.48. The van der Waals surface area contributed by atoms with Gasteiger partial charge in [-0.2, -0.15) is 0 Å². The van der Waals surface area contributed by atoms with Crippen LogP contribution < -0.4 is 0 Å². The van der Waals surface area contributed by atoms with Gasteiger partial charge in [-0.25, -0.2) is 9.59 Å². The van der Waals surface area contributed by atoms with Crippen molar-refractivity contribution < 1.29 is 24.6 Å². The third-order valence-electron chi connectivity index (χ3n) is 4.05. The summed E-state index contributed by atoms with van der Waals surface area (Å²) in [6.07, 6.45) is 3.31. The van der Waals surface area contributed by atoms with E-state index in [0.717, 1.165) is 37.7 Å². The number of hydrogen-bond acceptors (Lipinski definition) is 5. The van der Waals surface area contributed by atoms with E-state index in [1.165, 1.54) is 5.56 Å². The van der Waals surface area contributed by atoms with Crippen molar-refractivity contribution in [3.8, 4) is 0 Å². The highest BCUT2D eigenvalue weighted by Crippen LogP contribution is 2.14. The molecule has 28 heavy (non-hydrogen) atoms. The first kappa shape index (κ1) is 21.3. The molecule has 3 rings (SSSR count). The number of aliphatic carboxylic acids is 2. The van der Waals surface area contributed by atoms with Gasteiger partial charge in [0.15, 0.2) is 0 Å². The van der Waals surface area contributed by atoms with Gasteiger partial charge >= 0.3 is 11.9 Å². The Hall–Kier alpha value is -2.97. The van der Waals surface area contributed by atoms with Crippen molar-refractivity contribution >= 4 is 29.4 Å². The van der Waals surface area contributed by atoms with Gasteiger partial charge in [-0.1, -0.05) is 23.7 Å². The Kier molecular flexibility index (Phi) is 7.91. The number of rotatable bonds is 3. The van der Waals surface area contributed by atoms with E-state index < -0.39 is 11.9 Å². The van der Waals surface area contributed by atoms with Gasteiger partial charge in [0.1, 0.15) is 0 Å². The van der Waals surface area contributed by atoms with E-state index in [2.05, 4.69) is 16.0 Å². The number of carbonyl (C=O) groups is 3. The number of amides is 1. The summed E-state index contributed by atoms with van der Waals surface area (Å²) in [7, 11) is 0. The van der Waals surface area contributed by atoms with Crippen LogP contribution >= 0.6 is 11.6 Å². The van der Waals surface area contributed by atoms with Crippen molar-refractivity contribution in [2.24, 2.45) is 0 Å². The van der Waals surface area contributed by atoms with E-state index in [1.807, 2.05) is 29.2 Å². The number of hydrogen-bond donors (Lipinski definition) is 2. The van der Waals surface area contributed by atoms with Crippen LogP contribution in [0.1, 0.15) is 15.9 Å². The molecule has 0 bridgehead atoms. The molecule has 8 nitrogen and oxygen atoms in total. The third-order valence-corrected chi connectivity index (χ3v) is 4.28. The maximum Gasteiger partial charge on any atom is 0.414 e. The molecule has 2 aromatic rings. The molecule has 1 aliphatic rings. The minimum atomic E-state index is -1.82. The summed E-state index contributed by atoms with van der Waals surface area (Å²) in [4.78, 5) is 38.8. The van der Waals surface area contributed by atoms with Crippen molar-refractivity contribution in [3.05, 3.63) is 64.9 Å². The lowest BCUT2D eigenvalue weighted by Gasteiger charge is -2.34. The Morgan fingerprint density at radius 3 is 2.21 bits per heavy atom. The van der Waals surface area contributed by atoms with Crippen LogP contribution in [0.3, 0.4) is 0 Å². The molecule has 0 saturated carbocycles. The number of carboxylic acids is 2. The topological polar surface area (TPSA) is 111 Å². The summed E-state index contributed by atoms with van der Waals surface area (Å²) in [5.74, 6) is -3.58. The molecule has 1 saturated heterocycles. The minimum absolute atomic E-state index is 0.0653. The monoisotopic (exact) mass is 405 g/mol. The molecule has 1 aromatic heterocycles. The summed E-state index contributed by atoms with van der Waals surface area (Å²) in [5, 5.41) is 15.5. The first-order valence-electron chi connectivity index (χ1n) is 8.49.